The average molecular weight is 373 g/mol. The SMILES string of the molecule is O=C(Nc1nccs1)c1cccc2[nH]c(-c3cc(F)cc(Cl)c3)nc12. The number of hydrogen-bond donors (Lipinski definition) is 2. The molecular formula is C17H10ClFN4OS. The first-order valence-corrected chi connectivity index (χ1v) is 8.52. The quantitative estimate of drug-likeness (QED) is 0.546. The molecule has 0 aliphatic rings. The summed E-state index contributed by atoms with van der Waals surface area (Å²) in [5.41, 5.74) is 2.07. The first-order valence-electron chi connectivity index (χ1n) is 7.26. The number of aromatic nitrogens is 3. The number of benzene rings is 2. The molecule has 2 aromatic heterocycles. The molecular weight excluding hydrogens is 363 g/mol. The Hall–Kier alpha value is -2.77. The molecule has 0 spiro atoms. The first kappa shape index (κ1) is 15.7. The topological polar surface area (TPSA) is 70.7 Å². The summed E-state index contributed by atoms with van der Waals surface area (Å²) in [6, 6.07) is 9.39. The van der Waals surface area contributed by atoms with Crippen molar-refractivity contribution in [2.24, 2.45) is 0 Å². The predicted molar refractivity (Wildman–Crippen MR) is 96.6 cm³/mol. The predicted octanol–water partition coefficient (Wildman–Crippen LogP) is 4.73. The van der Waals surface area contributed by atoms with Gasteiger partial charge in [-0.05, 0) is 30.3 Å². The molecule has 0 atom stereocenters. The van der Waals surface area contributed by atoms with Crippen molar-refractivity contribution in [1.29, 1.82) is 0 Å². The summed E-state index contributed by atoms with van der Waals surface area (Å²) in [7, 11) is 0. The summed E-state index contributed by atoms with van der Waals surface area (Å²) in [4.78, 5) is 24.1. The van der Waals surface area contributed by atoms with Gasteiger partial charge >= 0.3 is 0 Å². The highest BCUT2D eigenvalue weighted by molar-refractivity contribution is 7.13. The molecule has 2 aromatic carbocycles. The highest BCUT2D eigenvalue weighted by atomic mass is 35.5. The summed E-state index contributed by atoms with van der Waals surface area (Å²) in [5.74, 6) is -0.327. The molecule has 8 heteroatoms. The van der Waals surface area contributed by atoms with Crippen molar-refractivity contribution in [1.82, 2.24) is 15.0 Å². The minimum absolute atomic E-state index is 0.275. The molecule has 0 saturated carbocycles. The van der Waals surface area contributed by atoms with E-state index in [1.165, 1.54) is 23.5 Å². The molecule has 4 aromatic rings. The Balaban J connectivity index is 1.77. The van der Waals surface area contributed by atoms with Crippen LogP contribution >= 0.6 is 22.9 Å². The van der Waals surface area contributed by atoms with E-state index in [2.05, 4.69) is 20.3 Å². The molecule has 124 valence electrons. The van der Waals surface area contributed by atoms with Gasteiger partial charge in [0.1, 0.15) is 17.2 Å². The Bertz CT molecular complexity index is 1060. The minimum atomic E-state index is -0.454. The minimum Gasteiger partial charge on any atom is -0.338 e. The largest absolute Gasteiger partial charge is 0.338 e. The summed E-state index contributed by atoms with van der Waals surface area (Å²) < 4.78 is 13.6. The fourth-order valence-corrected chi connectivity index (χ4v) is 3.24. The zero-order chi connectivity index (χ0) is 17.4. The molecule has 25 heavy (non-hydrogen) atoms. The van der Waals surface area contributed by atoms with Gasteiger partial charge in [0.05, 0.1) is 11.1 Å². The lowest BCUT2D eigenvalue weighted by Crippen LogP contribution is -2.12. The highest BCUT2D eigenvalue weighted by Gasteiger charge is 2.16. The van der Waals surface area contributed by atoms with Gasteiger partial charge in [-0.3, -0.25) is 10.1 Å². The Morgan fingerprint density at radius 2 is 2.16 bits per heavy atom. The third kappa shape index (κ3) is 3.11. The fraction of sp³-hybridized carbons (Fsp3) is 0. The number of rotatable bonds is 3. The number of carbonyl (C=O) groups excluding carboxylic acids is 1. The number of hydrogen-bond acceptors (Lipinski definition) is 4. The van der Waals surface area contributed by atoms with E-state index in [9.17, 15) is 9.18 Å². The fourth-order valence-electron chi connectivity index (χ4n) is 2.49. The van der Waals surface area contributed by atoms with Crippen LogP contribution in [-0.4, -0.2) is 20.9 Å². The van der Waals surface area contributed by atoms with Crippen LogP contribution < -0.4 is 5.32 Å². The standard InChI is InChI=1S/C17H10ClFN4OS/c18-10-6-9(7-11(19)8-10)15-21-13-3-1-2-12(14(13)22-15)16(24)23-17-20-4-5-25-17/h1-8H,(H,21,22)(H,20,23,24). The maximum absolute atomic E-state index is 13.6. The van der Waals surface area contributed by atoms with Gasteiger partial charge in [-0.2, -0.15) is 0 Å². The number of amides is 1. The maximum Gasteiger partial charge on any atom is 0.259 e. The Morgan fingerprint density at radius 1 is 1.28 bits per heavy atom. The van der Waals surface area contributed by atoms with Gasteiger partial charge in [-0.15, -0.1) is 11.3 Å². The monoisotopic (exact) mass is 372 g/mol. The van der Waals surface area contributed by atoms with E-state index in [-0.39, 0.29) is 10.9 Å². The summed E-state index contributed by atoms with van der Waals surface area (Å²) in [6.07, 6.45) is 1.61. The molecule has 5 nitrogen and oxygen atoms in total. The van der Waals surface area contributed by atoms with Gasteiger partial charge in [0.25, 0.3) is 5.91 Å². The zero-order valence-corrected chi connectivity index (χ0v) is 14.2. The second kappa shape index (κ2) is 6.27. The van der Waals surface area contributed by atoms with E-state index in [0.29, 0.717) is 33.1 Å². The molecule has 0 saturated heterocycles. The summed E-state index contributed by atoms with van der Waals surface area (Å²) in [6.45, 7) is 0. The van der Waals surface area contributed by atoms with Crippen LogP contribution in [0.3, 0.4) is 0 Å². The third-order valence-corrected chi connectivity index (χ3v) is 4.45. The number of carbonyl (C=O) groups is 1. The molecule has 1 amide bonds. The number of para-hydroxylation sites is 1. The molecule has 0 bridgehead atoms. The molecule has 4 rings (SSSR count). The van der Waals surface area contributed by atoms with Crippen molar-refractivity contribution in [3.63, 3.8) is 0 Å². The van der Waals surface area contributed by atoms with Crippen LogP contribution in [0.5, 0.6) is 0 Å². The summed E-state index contributed by atoms with van der Waals surface area (Å²) >= 11 is 7.24. The van der Waals surface area contributed by atoms with Gasteiger partial charge in [-0.25, -0.2) is 14.4 Å². The summed E-state index contributed by atoms with van der Waals surface area (Å²) in [5, 5.41) is 5.29. The maximum atomic E-state index is 13.6. The van der Waals surface area contributed by atoms with Crippen LogP contribution in [0.25, 0.3) is 22.4 Å². The van der Waals surface area contributed by atoms with E-state index >= 15 is 0 Å². The zero-order valence-electron chi connectivity index (χ0n) is 12.6. The lowest BCUT2D eigenvalue weighted by molar-refractivity contribution is 0.102. The van der Waals surface area contributed by atoms with Crippen LogP contribution in [0, 0.1) is 5.82 Å². The van der Waals surface area contributed by atoms with Crippen LogP contribution in [-0.2, 0) is 0 Å². The molecule has 2 heterocycles. The second-order valence-electron chi connectivity index (χ2n) is 5.24. The van der Waals surface area contributed by atoms with E-state index in [1.807, 2.05) is 0 Å². The van der Waals surface area contributed by atoms with Gasteiger partial charge in [0.2, 0.25) is 0 Å². The average Bonchev–Trinajstić information content (AvgIpc) is 3.22. The van der Waals surface area contributed by atoms with Gasteiger partial charge in [-0.1, -0.05) is 17.7 Å². The van der Waals surface area contributed by atoms with Crippen LogP contribution in [0.4, 0.5) is 9.52 Å². The number of imidazole rings is 1. The van der Waals surface area contributed by atoms with Crippen molar-refractivity contribution in [3.05, 3.63) is 64.4 Å². The smallest absolute Gasteiger partial charge is 0.259 e. The van der Waals surface area contributed by atoms with Gasteiger partial charge < -0.3 is 4.98 Å². The lowest BCUT2D eigenvalue weighted by Gasteiger charge is -2.02. The number of fused-ring (bicyclic) bond motifs is 1. The first-order chi connectivity index (χ1) is 12.1. The third-order valence-electron chi connectivity index (χ3n) is 3.55. The van der Waals surface area contributed by atoms with Crippen molar-refractivity contribution < 1.29 is 9.18 Å². The molecule has 0 fully saturated rings. The number of nitrogens with one attached hydrogen (secondary N) is 2. The van der Waals surface area contributed by atoms with Crippen LogP contribution in [0.15, 0.2) is 48.0 Å². The molecule has 0 aliphatic heterocycles. The van der Waals surface area contributed by atoms with Crippen molar-refractivity contribution in [2.75, 3.05) is 5.32 Å². The van der Waals surface area contributed by atoms with E-state index in [0.717, 1.165) is 0 Å². The van der Waals surface area contributed by atoms with E-state index in [4.69, 9.17) is 11.6 Å². The van der Waals surface area contributed by atoms with Crippen molar-refractivity contribution >= 4 is 45.0 Å². The van der Waals surface area contributed by atoms with Crippen molar-refractivity contribution in [2.45, 2.75) is 0 Å². The Labute approximate surface area is 150 Å². The number of halogens is 2. The molecule has 0 unspecified atom stereocenters. The number of aromatic amines is 1. The van der Waals surface area contributed by atoms with Gasteiger partial charge in [0, 0.05) is 22.2 Å². The molecule has 0 aliphatic carbocycles. The second-order valence-corrected chi connectivity index (χ2v) is 6.57. The molecule has 0 radical (unpaired) electrons. The van der Waals surface area contributed by atoms with Crippen molar-refractivity contribution in [3.8, 4) is 11.4 Å². The Morgan fingerprint density at radius 3 is 2.92 bits per heavy atom. The number of anilines is 1. The molecule has 2 N–H and O–H groups in total. The number of nitrogens with zero attached hydrogens (tertiary/aromatic N) is 2. The normalized spacial score (nSPS) is 11.0. The van der Waals surface area contributed by atoms with E-state index < -0.39 is 5.82 Å². The van der Waals surface area contributed by atoms with Crippen LogP contribution in [0.2, 0.25) is 5.02 Å². The number of thiazole rings is 1. The Kier molecular flexibility index (Phi) is 3.95. The van der Waals surface area contributed by atoms with E-state index in [1.54, 1.807) is 35.8 Å². The lowest BCUT2D eigenvalue weighted by atomic mass is 10.2. The number of H-pyrrole nitrogens is 1. The van der Waals surface area contributed by atoms with Gasteiger partial charge in [0.15, 0.2) is 5.13 Å². The highest BCUT2D eigenvalue weighted by Crippen LogP contribution is 2.26. The van der Waals surface area contributed by atoms with Crippen LogP contribution in [0.1, 0.15) is 10.4 Å².